The van der Waals surface area contributed by atoms with Crippen LogP contribution in [-0.2, 0) is 9.84 Å². The number of benzene rings is 2. The zero-order valence-electron chi connectivity index (χ0n) is 11.0. The zero-order chi connectivity index (χ0) is 15.6. The third-order valence-corrected chi connectivity index (χ3v) is 4.06. The number of nitrogens with zero attached hydrogens (tertiary/aromatic N) is 1. The molecule has 6 nitrogen and oxygen atoms in total. The molecule has 0 aliphatic carbocycles. The molecule has 21 heavy (non-hydrogen) atoms. The molecule has 0 N–H and O–H groups in total. The minimum Gasteiger partial charge on any atom is -0.298 e. The highest BCUT2D eigenvalue weighted by atomic mass is 32.2. The van der Waals surface area contributed by atoms with E-state index in [9.17, 15) is 23.3 Å². The van der Waals surface area contributed by atoms with Crippen molar-refractivity contribution in [2.24, 2.45) is 0 Å². The van der Waals surface area contributed by atoms with Crippen LogP contribution in [0.1, 0.15) is 10.4 Å². The van der Waals surface area contributed by atoms with Crippen LogP contribution in [0, 0.1) is 10.1 Å². The Hall–Kier alpha value is -2.54. The van der Waals surface area contributed by atoms with Crippen LogP contribution in [0.2, 0.25) is 0 Å². The van der Waals surface area contributed by atoms with E-state index in [1.807, 2.05) is 0 Å². The quantitative estimate of drug-likeness (QED) is 0.491. The van der Waals surface area contributed by atoms with Crippen molar-refractivity contribution in [3.05, 3.63) is 58.1 Å². The Morgan fingerprint density at radius 1 is 1.10 bits per heavy atom. The molecule has 2 aromatic rings. The average molecular weight is 305 g/mol. The minimum atomic E-state index is -3.36. The summed E-state index contributed by atoms with van der Waals surface area (Å²) >= 11 is 0. The predicted octanol–water partition coefficient (Wildman–Crippen LogP) is 2.48. The van der Waals surface area contributed by atoms with Crippen molar-refractivity contribution in [2.45, 2.75) is 4.90 Å². The van der Waals surface area contributed by atoms with Gasteiger partial charge in [-0.3, -0.25) is 14.9 Å². The van der Waals surface area contributed by atoms with Crippen molar-refractivity contribution >= 4 is 21.8 Å². The third-order valence-electron chi connectivity index (χ3n) is 2.95. The number of sulfone groups is 1. The van der Waals surface area contributed by atoms with E-state index in [1.165, 1.54) is 30.3 Å². The van der Waals surface area contributed by atoms with Crippen molar-refractivity contribution in [2.75, 3.05) is 6.26 Å². The first-order valence-corrected chi connectivity index (χ1v) is 7.76. The highest BCUT2D eigenvalue weighted by Gasteiger charge is 2.15. The van der Waals surface area contributed by atoms with Gasteiger partial charge in [-0.1, -0.05) is 18.2 Å². The van der Waals surface area contributed by atoms with Gasteiger partial charge in [0, 0.05) is 12.3 Å². The smallest absolute Gasteiger partial charge is 0.280 e. The Balaban J connectivity index is 2.60. The molecule has 0 aromatic heterocycles. The van der Waals surface area contributed by atoms with Gasteiger partial charge in [-0.05, 0) is 29.3 Å². The van der Waals surface area contributed by atoms with Crippen LogP contribution in [0.3, 0.4) is 0 Å². The Morgan fingerprint density at radius 2 is 1.76 bits per heavy atom. The average Bonchev–Trinajstić information content (AvgIpc) is 2.45. The fourth-order valence-corrected chi connectivity index (χ4v) is 2.55. The standard InChI is InChI=1S/C14H11NO5S/c1-21(19,20)13-4-2-3-10(7-13)11-5-6-12(9-16)14(8-11)15(17)18/h2-9H,1H3. The molecule has 0 saturated carbocycles. The maximum absolute atomic E-state index is 11.5. The monoisotopic (exact) mass is 305 g/mol. The molecular formula is C14H11NO5S. The highest BCUT2D eigenvalue weighted by molar-refractivity contribution is 7.90. The summed E-state index contributed by atoms with van der Waals surface area (Å²) < 4.78 is 23.1. The number of aldehydes is 1. The van der Waals surface area contributed by atoms with Gasteiger partial charge in [-0.15, -0.1) is 0 Å². The number of rotatable bonds is 4. The van der Waals surface area contributed by atoms with Crippen LogP contribution in [0.15, 0.2) is 47.4 Å². The van der Waals surface area contributed by atoms with E-state index < -0.39 is 14.8 Å². The summed E-state index contributed by atoms with van der Waals surface area (Å²) in [5.74, 6) is 0. The lowest BCUT2D eigenvalue weighted by atomic mass is 10.0. The number of nitro benzene ring substituents is 1. The Kier molecular flexibility index (Phi) is 3.86. The second-order valence-corrected chi connectivity index (χ2v) is 6.46. The highest BCUT2D eigenvalue weighted by Crippen LogP contribution is 2.27. The number of hydrogen-bond acceptors (Lipinski definition) is 5. The predicted molar refractivity (Wildman–Crippen MR) is 77.0 cm³/mol. The normalized spacial score (nSPS) is 11.1. The first-order valence-electron chi connectivity index (χ1n) is 5.87. The summed E-state index contributed by atoms with van der Waals surface area (Å²) in [7, 11) is -3.36. The van der Waals surface area contributed by atoms with Crippen LogP contribution < -0.4 is 0 Å². The Labute approximate surface area is 121 Å². The van der Waals surface area contributed by atoms with Crippen LogP contribution in [0.5, 0.6) is 0 Å². The summed E-state index contributed by atoms with van der Waals surface area (Å²) in [5, 5.41) is 10.9. The third kappa shape index (κ3) is 3.14. The fraction of sp³-hybridized carbons (Fsp3) is 0.0714. The van der Waals surface area contributed by atoms with E-state index >= 15 is 0 Å². The maximum atomic E-state index is 11.5. The largest absolute Gasteiger partial charge is 0.298 e. The van der Waals surface area contributed by atoms with Gasteiger partial charge in [-0.25, -0.2) is 8.42 Å². The molecule has 0 unspecified atom stereocenters. The lowest BCUT2D eigenvalue weighted by Crippen LogP contribution is -1.97. The Bertz CT molecular complexity index is 827. The van der Waals surface area contributed by atoms with Gasteiger partial charge in [0.05, 0.1) is 15.4 Å². The van der Waals surface area contributed by atoms with Crippen LogP contribution in [-0.4, -0.2) is 25.9 Å². The number of carbonyl (C=O) groups is 1. The van der Waals surface area contributed by atoms with Crippen molar-refractivity contribution in [3.63, 3.8) is 0 Å². The second kappa shape index (κ2) is 5.45. The van der Waals surface area contributed by atoms with Gasteiger partial charge < -0.3 is 0 Å². The minimum absolute atomic E-state index is 0.0250. The van der Waals surface area contributed by atoms with E-state index in [2.05, 4.69) is 0 Å². The van der Waals surface area contributed by atoms with Gasteiger partial charge in [0.15, 0.2) is 16.1 Å². The number of carbonyl (C=O) groups excluding carboxylic acids is 1. The van der Waals surface area contributed by atoms with E-state index in [4.69, 9.17) is 0 Å². The van der Waals surface area contributed by atoms with E-state index in [0.717, 1.165) is 6.26 Å². The second-order valence-electron chi connectivity index (χ2n) is 4.45. The van der Waals surface area contributed by atoms with Gasteiger partial charge in [0.2, 0.25) is 0 Å². The lowest BCUT2D eigenvalue weighted by Gasteiger charge is -2.05. The molecule has 0 spiro atoms. The molecule has 2 aromatic carbocycles. The molecule has 0 amide bonds. The van der Waals surface area contributed by atoms with Gasteiger partial charge in [0.25, 0.3) is 5.69 Å². The molecule has 0 saturated heterocycles. The van der Waals surface area contributed by atoms with Crippen molar-refractivity contribution in [1.82, 2.24) is 0 Å². The molecule has 0 aliphatic heterocycles. The summed E-state index contributed by atoms with van der Waals surface area (Å²) in [6.45, 7) is 0. The van der Waals surface area contributed by atoms with Gasteiger partial charge >= 0.3 is 0 Å². The van der Waals surface area contributed by atoms with Crippen LogP contribution >= 0.6 is 0 Å². The topological polar surface area (TPSA) is 94.3 Å². The lowest BCUT2D eigenvalue weighted by molar-refractivity contribution is -0.385. The summed E-state index contributed by atoms with van der Waals surface area (Å²) in [6, 6.07) is 10.2. The number of nitro groups is 1. The zero-order valence-corrected chi connectivity index (χ0v) is 11.8. The molecule has 0 radical (unpaired) electrons. The fourth-order valence-electron chi connectivity index (χ4n) is 1.89. The van der Waals surface area contributed by atoms with E-state index in [0.29, 0.717) is 17.4 Å². The molecule has 0 aliphatic rings. The van der Waals surface area contributed by atoms with Crippen molar-refractivity contribution in [3.8, 4) is 11.1 Å². The molecule has 0 atom stereocenters. The molecule has 7 heteroatoms. The maximum Gasteiger partial charge on any atom is 0.280 e. The first kappa shape index (κ1) is 14.9. The summed E-state index contributed by atoms with van der Waals surface area (Å²) in [4.78, 5) is 21.2. The first-order chi connectivity index (χ1) is 9.82. The van der Waals surface area contributed by atoms with Gasteiger partial charge in [-0.2, -0.15) is 0 Å². The van der Waals surface area contributed by atoms with Crippen LogP contribution in [0.25, 0.3) is 11.1 Å². The van der Waals surface area contributed by atoms with E-state index in [-0.39, 0.29) is 16.1 Å². The summed E-state index contributed by atoms with van der Waals surface area (Å²) in [6.07, 6.45) is 1.50. The Morgan fingerprint density at radius 3 is 2.33 bits per heavy atom. The molecular weight excluding hydrogens is 294 g/mol. The molecule has 0 heterocycles. The molecule has 108 valence electrons. The SMILES string of the molecule is CS(=O)(=O)c1cccc(-c2ccc(C=O)c([N+](=O)[O-])c2)c1. The van der Waals surface area contributed by atoms with Crippen LogP contribution in [0.4, 0.5) is 5.69 Å². The van der Waals surface area contributed by atoms with E-state index in [1.54, 1.807) is 12.1 Å². The summed E-state index contributed by atoms with van der Waals surface area (Å²) in [5.41, 5.74) is 0.659. The molecule has 0 fully saturated rings. The van der Waals surface area contributed by atoms with Crippen molar-refractivity contribution < 1.29 is 18.1 Å². The molecule has 0 bridgehead atoms. The molecule has 2 rings (SSSR count). The van der Waals surface area contributed by atoms with Gasteiger partial charge in [0.1, 0.15) is 0 Å². The van der Waals surface area contributed by atoms with Crippen molar-refractivity contribution in [1.29, 1.82) is 0 Å². The number of hydrogen-bond donors (Lipinski definition) is 0.